The third-order valence-electron chi connectivity index (χ3n) is 9.94. The molecule has 0 aliphatic rings. The standard InChI is InChI=1S/C47H86O5/c1-3-5-7-9-11-13-15-17-19-21-22-23-24-26-28-30-32-34-36-38-40-42-47(50)52-45(43-48)44-51-46(49)41-39-37-35-33-31-29-27-25-20-18-16-14-12-10-8-6-4-2/h18,20,27,29,33,35,45,48H,3-17,19,21-26,28,30-32,34,36-44H2,1-2H3/b20-18-,29-27-,35-33-/t45-/m0/s1. The van der Waals surface area contributed by atoms with E-state index in [2.05, 4.69) is 50.3 Å². The van der Waals surface area contributed by atoms with Crippen LogP contribution in [0.15, 0.2) is 36.5 Å². The zero-order valence-corrected chi connectivity index (χ0v) is 34.6. The maximum Gasteiger partial charge on any atom is 0.306 e. The molecule has 0 radical (unpaired) electrons. The minimum Gasteiger partial charge on any atom is -0.462 e. The molecule has 1 atom stereocenters. The Kier molecular flexibility index (Phi) is 42.0. The summed E-state index contributed by atoms with van der Waals surface area (Å²) in [5.74, 6) is -0.642. The van der Waals surface area contributed by atoms with E-state index in [1.54, 1.807) is 0 Å². The van der Waals surface area contributed by atoms with Crippen molar-refractivity contribution in [1.82, 2.24) is 0 Å². The van der Waals surface area contributed by atoms with E-state index in [4.69, 9.17) is 9.47 Å². The minimum atomic E-state index is -0.788. The highest BCUT2D eigenvalue weighted by molar-refractivity contribution is 5.70. The molecule has 0 bridgehead atoms. The summed E-state index contributed by atoms with van der Waals surface area (Å²) in [7, 11) is 0. The van der Waals surface area contributed by atoms with E-state index >= 15 is 0 Å². The molecule has 0 fully saturated rings. The zero-order chi connectivity index (χ0) is 37.8. The number of unbranched alkanes of at least 4 members (excludes halogenated alkanes) is 27. The lowest BCUT2D eigenvalue weighted by Crippen LogP contribution is -2.28. The third kappa shape index (κ3) is 40.9. The number of aliphatic hydroxyl groups excluding tert-OH is 1. The van der Waals surface area contributed by atoms with Gasteiger partial charge >= 0.3 is 11.9 Å². The molecule has 304 valence electrons. The first-order valence-corrected chi connectivity index (χ1v) is 22.5. The molecule has 0 saturated heterocycles. The number of hydrogen-bond acceptors (Lipinski definition) is 5. The predicted octanol–water partition coefficient (Wildman–Crippen LogP) is 14.4. The molecule has 0 aromatic heterocycles. The Bertz CT molecular complexity index is 832. The fourth-order valence-corrected chi connectivity index (χ4v) is 6.51. The molecule has 0 spiro atoms. The van der Waals surface area contributed by atoms with Crippen molar-refractivity contribution < 1.29 is 24.2 Å². The van der Waals surface area contributed by atoms with Crippen molar-refractivity contribution in [2.75, 3.05) is 13.2 Å². The largest absolute Gasteiger partial charge is 0.462 e. The van der Waals surface area contributed by atoms with Gasteiger partial charge in [0, 0.05) is 12.8 Å². The molecule has 0 amide bonds. The van der Waals surface area contributed by atoms with E-state index in [0.717, 1.165) is 38.5 Å². The monoisotopic (exact) mass is 731 g/mol. The van der Waals surface area contributed by atoms with E-state index in [9.17, 15) is 14.7 Å². The van der Waals surface area contributed by atoms with Crippen molar-refractivity contribution in [2.45, 2.75) is 238 Å². The molecule has 1 N–H and O–H groups in total. The maximum absolute atomic E-state index is 12.2. The van der Waals surface area contributed by atoms with Crippen LogP contribution in [0.25, 0.3) is 0 Å². The van der Waals surface area contributed by atoms with Gasteiger partial charge in [-0.1, -0.05) is 211 Å². The molecule has 5 nitrogen and oxygen atoms in total. The molecule has 0 saturated carbocycles. The van der Waals surface area contributed by atoms with Gasteiger partial charge in [-0.3, -0.25) is 9.59 Å². The number of esters is 2. The van der Waals surface area contributed by atoms with Crippen molar-refractivity contribution >= 4 is 11.9 Å². The lowest BCUT2D eigenvalue weighted by Gasteiger charge is -2.15. The molecule has 0 aromatic carbocycles. The summed E-state index contributed by atoms with van der Waals surface area (Å²) in [5.41, 5.74) is 0. The summed E-state index contributed by atoms with van der Waals surface area (Å²) in [5, 5.41) is 9.58. The van der Waals surface area contributed by atoms with Gasteiger partial charge in [-0.05, 0) is 44.9 Å². The van der Waals surface area contributed by atoms with Crippen molar-refractivity contribution in [3.63, 3.8) is 0 Å². The van der Waals surface area contributed by atoms with Crippen LogP contribution in [0.5, 0.6) is 0 Å². The number of carbonyl (C=O) groups excluding carboxylic acids is 2. The number of rotatable bonds is 41. The molecule has 0 aliphatic heterocycles. The average molecular weight is 731 g/mol. The first kappa shape index (κ1) is 50.1. The third-order valence-corrected chi connectivity index (χ3v) is 9.94. The molecular formula is C47H86O5. The fourth-order valence-electron chi connectivity index (χ4n) is 6.51. The van der Waals surface area contributed by atoms with E-state index < -0.39 is 6.10 Å². The lowest BCUT2D eigenvalue weighted by atomic mass is 10.0. The molecule has 5 heteroatoms. The highest BCUT2D eigenvalue weighted by atomic mass is 16.6. The zero-order valence-electron chi connectivity index (χ0n) is 34.6. The van der Waals surface area contributed by atoms with Crippen molar-refractivity contribution in [3.05, 3.63) is 36.5 Å². The normalized spacial score (nSPS) is 12.4. The lowest BCUT2D eigenvalue weighted by molar-refractivity contribution is -0.161. The Labute approximate surface area is 323 Å². The quantitative estimate of drug-likeness (QED) is 0.0385. The molecule has 52 heavy (non-hydrogen) atoms. The Morgan fingerprint density at radius 2 is 0.788 bits per heavy atom. The van der Waals surface area contributed by atoms with Crippen LogP contribution in [0.4, 0.5) is 0 Å². The molecular weight excluding hydrogens is 645 g/mol. The molecule has 0 unspecified atom stereocenters. The summed E-state index contributed by atoms with van der Waals surface area (Å²) in [6.45, 7) is 4.11. The van der Waals surface area contributed by atoms with Crippen LogP contribution in [-0.4, -0.2) is 36.4 Å². The second-order valence-corrected chi connectivity index (χ2v) is 15.1. The van der Waals surface area contributed by atoms with Gasteiger partial charge in [-0.2, -0.15) is 0 Å². The van der Waals surface area contributed by atoms with Crippen molar-refractivity contribution in [2.24, 2.45) is 0 Å². The Balaban J connectivity index is 3.55. The molecule has 0 aliphatic carbocycles. The van der Waals surface area contributed by atoms with Gasteiger partial charge in [0.05, 0.1) is 6.61 Å². The summed E-state index contributed by atoms with van der Waals surface area (Å²) in [4.78, 5) is 24.3. The summed E-state index contributed by atoms with van der Waals surface area (Å²) >= 11 is 0. The van der Waals surface area contributed by atoms with Gasteiger partial charge in [-0.25, -0.2) is 0 Å². The van der Waals surface area contributed by atoms with Gasteiger partial charge in [0.15, 0.2) is 6.10 Å². The van der Waals surface area contributed by atoms with E-state index in [1.807, 2.05) is 0 Å². The predicted molar refractivity (Wildman–Crippen MR) is 224 cm³/mol. The Morgan fingerprint density at radius 3 is 1.21 bits per heavy atom. The SMILES string of the molecule is CCCCCCCC/C=C\C/C=C\C/C=C\CCCC(=O)OC[C@H](CO)OC(=O)CCCCCCCCCCCCCCCCCCCCCCC. The summed E-state index contributed by atoms with van der Waals surface area (Å²) in [6, 6.07) is 0. The van der Waals surface area contributed by atoms with Gasteiger partial charge in [0.2, 0.25) is 0 Å². The number of hydrogen-bond donors (Lipinski definition) is 1. The first-order chi connectivity index (χ1) is 25.6. The van der Waals surface area contributed by atoms with Crippen LogP contribution < -0.4 is 0 Å². The average Bonchev–Trinajstić information content (AvgIpc) is 3.15. The van der Waals surface area contributed by atoms with Gasteiger partial charge < -0.3 is 14.6 Å². The highest BCUT2D eigenvalue weighted by Crippen LogP contribution is 2.16. The second-order valence-electron chi connectivity index (χ2n) is 15.1. The molecule has 0 heterocycles. The summed E-state index contributed by atoms with van der Waals surface area (Å²) < 4.78 is 10.6. The Hall–Kier alpha value is -1.88. The Morgan fingerprint density at radius 1 is 0.442 bits per heavy atom. The molecule has 0 rings (SSSR count). The molecule has 0 aromatic rings. The van der Waals surface area contributed by atoms with Gasteiger partial charge in [-0.15, -0.1) is 0 Å². The summed E-state index contributed by atoms with van der Waals surface area (Å²) in [6.07, 6.45) is 53.7. The van der Waals surface area contributed by atoms with Crippen molar-refractivity contribution in [3.8, 4) is 0 Å². The maximum atomic E-state index is 12.2. The van der Waals surface area contributed by atoms with E-state index in [-0.39, 0.29) is 25.2 Å². The highest BCUT2D eigenvalue weighted by Gasteiger charge is 2.16. The van der Waals surface area contributed by atoms with E-state index in [1.165, 1.54) is 161 Å². The van der Waals surface area contributed by atoms with Crippen LogP contribution in [0.1, 0.15) is 232 Å². The van der Waals surface area contributed by atoms with Crippen LogP contribution >= 0.6 is 0 Å². The van der Waals surface area contributed by atoms with Gasteiger partial charge in [0.25, 0.3) is 0 Å². The topological polar surface area (TPSA) is 72.8 Å². The first-order valence-electron chi connectivity index (χ1n) is 22.5. The number of allylic oxidation sites excluding steroid dienone is 6. The number of carbonyl (C=O) groups is 2. The van der Waals surface area contributed by atoms with Gasteiger partial charge in [0.1, 0.15) is 6.61 Å². The van der Waals surface area contributed by atoms with Crippen LogP contribution in [0, 0.1) is 0 Å². The number of ether oxygens (including phenoxy) is 2. The van der Waals surface area contributed by atoms with Crippen LogP contribution in [0.3, 0.4) is 0 Å². The fraction of sp³-hybridized carbons (Fsp3) is 0.830. The van der Waals surface area contributed by atoms with E-state index in [0.29, 0.717) is 19.3 Å². The van der Waals surface area contributed by atoms with Crippen LogP contribution in [-0.2, 0) is 19.1 Å². The smallest absolute Gasteiger partial charge is 0.306 e. The second kappa shape index (κ2) is 43.5. The number of aliphatic hydroxyl groups is 1. The van der Waals surface area contributed by atoms with Crippen LogP contribution in [0.2, 0.25) is 0 Å². The minimum absolute atomic E-state index is 0.0889. The van der Waals surface area contributed by atoms with Crippen molar-refractivity contribution in [1.29, 1.82) is 0 Å².